The van der Waals surface area contributed by atoms with E-state index in [1.165, 1.54) is 4.90 Å². The highest BCUT2D eigenvalue weighted by molar-refractivity contribution is 7.89. The van der Waals surface area contributed by atoms with E-state index in [1.54, 1.807) is 16.4 Å². The minimum absolute atomic E-state index is 0.376. The molecule has 24 heavy (non-hydrogen) atoms. The Labute approximate surface area is 143 Å². The van der Waals surface area contributed by atoms with Crippen LogP contribution in [0.3, 0.4) is 0 Å². The third kappa shape index (κ3) is 3.14. The fraction of sp³-hybridized carbons (Fsp3) is 0.444. The molecule has 0 atom stereocenters. The molecule has 1 fully saturated rings. The Morgan fingerprint density at radius 2 is 1.71 bits per heavy atom. The van der Waals surface area contributed by atoms with Crippen LogP contribution in [0, 0.1) is 0 Å². The van der Waals surface area contributed by atoms with E-state index in [4.69, 9.17) is 4.74 Å². The number of hydrogen-bond acceptors (Lipinski definition) is 3. The van der Waals surface area contributed by atoms with Gasteiger partial charge in [0.25, 0.3) is 0 Å². The zero-order valence-electron chi connectivity index (χ0n) is 14.3. The molecule has 0 radical (unpaired) electrons. The van der Waals surface area contributed by atoms with Crippen molar-refractivity contribution in [2.24, 2.45) is 0 Å². The van der Waals surface area contributed by atoms with Crippen molar-refractivity contribution in [3.8, 4) is 5.75 Å². The summed E-state index contributed by atoms with van der Waals surface area (Å²) in [5.74, 6) is 0.729. The average Bonchev–Trinajstić information content (AvgIpc) is 2.62. The van der Waals surface area contributed by atoms with E-state index in [0.717, 1.165) is 36.2 Å². The van der Waals surface area contributed by atoms with Gasteiger partial charge in [-0.05, 0) is 26.0 Å². The molecule has 0 saturated carbocycles. The first-order valence-electron chi connectivity index (χ1n) is 8.56. The van der Waals surface area contributed by atoms with E-state index in [9.17, 15) is 8.42 Å². The molecule has 0 amide bonds. The van der Waals surface area contributed by atoms with Gasteiger partial charge in [-0.1, -0.05) is 24.3 Å². The van der Waals surface area contributed by atoms with Gasteiger partial charge in [0, 0.05) is 10.8 Å². The SMILES string of the molecule is CCOc1ccc(S(=O)(=O)N2CC[NH+](CC)CC2)c2ccccc12. The van der Waals surface area contributed by atoms with Gasteiger partial charge in [0.15, 0.2) is 0 Å². The Morgan fingerprint density at radius 1 is 1.04 bits per heavy atom. The van der Waals surface area contributed by atoms with Crippen LogP contribution in [0.5, 0.6) is 5.75 Å². The van der Waals surface area contributed by atoms with Crippen molar-refractivity contribution in [3.05, 3.63) is 36.4 Å². The molecule has 1 N–H and O–H groups in total. The average molecular weight is 349 g/mol. The number of sulfonamides is 1. The smallest absolute Gasteiger partial charge is 0.244 e. The second-order valence-electron chi connectivity index (χ2n) is 6.05. The van der Waals surface area contributed by atoms with Crippen LogP contribution in [-0.2, 0) is 10.0 Å². The van der Waals surface area contributed by atoms with Gasteiger partial charge in [-0.15, -0.1) is 0 Å². The molecule has 1 aliphatic heterocycles. The van der Waals surface area contributed by atoms with Gasteiger partial charge in [-0.2, -0.15) is 4.31 Å². The maximum atomic E-state index is 13.1. The first-order valence-corrected chi connectivity index (χ1v) is 10.00. The van der Waals surface area contributed by atoms with Gasteiger partial charge in [0.05, 0.1) is 44.2 Å². The van der Waals surface area contributed by atoms with Crippen LogP contribution < -0.4 is 9.64 Å². The number of likely N-dealkylation sites (N-methyl/N-ethyl adjacent to an activating group) is 1. The molecule has 5 nitrogen and oxygen atoms in total. The normalized spacial score (nSPS) is 17.2. The fourth-order valence-electron chi connectivity index (χ4n) is 3.29. The van der Waals surface area contributed by atoms with Gasteiger partial charge in [-0.3, -0.25) is 0 Å². The van der Waals surface area contributed by atoms with Crippen LogP contribution in [0.1, 0.15) is 13.8 Å². The highest BCUT2D eigenvalue weighted by atomic mass is 32.2. The second kappa shape index (κ2) is 7.09. The van der Waals surface area contributed by atoms with Crippen LogP contribution in [0.4, 0.5) is 0 Å². The molecule has 1 aliphatic rings. The van der Waals surface area contributed by atoms with Crippen molar-refractivity contribution in [2.45, 2.75) is 18.7 Å². The molecule has 1 saturated heterocycles. The predicted octanol–water partition coefficient (Wildman–Crippen LogP) is 1.15. The lowest BCUT2D eigenvalue weighted by atomic mass is 10.1. The van der Waals surface area contributed by atoms with Gasteiger partial charge in [-0.25, -0.2) is 8.42 Å². The summed E-state index contributed by atoms with van der Waals surface area (Å²) in [7, 11) is -3.49. The minimum Gasteiger partial charge on any atom is -0.493 e. The summed E-state index contributed by atoms with van der Waals surface area (Å²) in [4.78, 5) is 1.83. The highest BCUT2D eigenvalue weighted by Crippen LogP contribution is 2.32. The van der Waals surface area contributed by atoms with E-state index in [-0.39, 0.29) is 0 Å². The molecule has 0 aromatic heterocycles. The standard InChI is InChI=1S/C18H24N2O3S/c1-3-19-11-13-20(14-12-19)24(21,22)18-10-9-17(23-4-2)15-7-5-6-8-16(15)18/h5-10H,3-4,11-14H2,1-2H3/p+1. The number of nitrogens with one attached hydrogen (secondary N) is 1. The number of nitrogens with zero attached hydrogens (tertiary/aromatic N) is 1. The molecule has 3 rings (SSSR count). The summed E-state index contributed by atoms with van der Waals surface area (Å²) < 4.78 is 33.6. The molecular weight excluding hydrogens is 324 g/mol. The summed E-state index contributed by atoms with van der Waals surface area (Å²) >= 11 is 0. The molecule has 2 aromatic carbocycles. The molecule has 1 heterocycles. The number of piperazine rings is 1. The Bertz CT molecular complexity index is 812. The third-order valence-electron chi connectivity index (χ3n) is 4.69. The Balaban J connectivity index is 2.01. The lowest BCUT2D eigenvalue weighted by molar-refractivity contribution is -0.901. The Kier molecular flexibility index (Phi) is 5.08. The number of benzene rings is 2. The topological polar surface area (TPSA) is 51.1 Å². The van der Waals surface area contributed by atoms with E-state index in [1.807, 2.05) is 31.2 Å². The first kappa shape index (κ1) is 17.2. The van der Waals surface area contributed by atoms with Gasteiger partial charge >= 0.3 is 0 Å². The number of rotatable bonds is 5. The molecule has 2 aromatic rings. The van der Waals surface area contributed by atoms with E-state index < -0.39 is 10.0 Å². The minimum atomic E-state index is -3.49. The predicted molar refractivity (Wildman–Crippen MR) is 95.1 cm³/mol. The zero-order valence-corrected chi connectivity index (χ0v) is 15.1. The lowest BCUT2D eigenvalue weighted by Gasteiger charge is -2.31. The summed E-state index contributed by atoms with van der Waals surface area (Å²) in [5, 5.41) is 1.58. The molecule has 6 heteroatoms. The summed E-state index contributed by atoms with van der Waals surface area (Å²) in [6.45, 7) is 8.54. The van der Waals surface area contributed by atoms with Crippen LogP contribution in [0.25, 0.3) is 10.8 Å². The second-order valence-corrected chi connectivity index (χ2v) is 7.95. The molecule has 0 spiro atoms. The van der Waals surface area contributed by atoms with Gasteiger partial charge < -0.3 is 9.64 Å². The van der Waals surface area contributed by atoms with Crippen LogP contribution in [0.15, 0.2) is 41.3 Å². The van der Waals surface area contributed by atoms with E-state index >= 15 is 0 Å². The number of hydrogen-bond donors (Lipinski definition) is 1. The molecule has 130 valence electrons. The van der Waals surface area contributed by atoms with E-state index in [0.29, 0.717) is 24.6 Å². The fourth-order valence-corrected chi connectivity index (χ4v) is 4.92. The van der Waals surface area contributed by atoms with Crippen molar-refractivity contribution in [1.82, 2.24) is 4.31 Å². The number of fused-ring (bicyclic) bond motifs is 1. The van der Waals surface area contributed by atoms with Crippen molar-refractivity contribution < 1.29 is 18.1 Å². The van der Waals surface area contributed by atoms with Crippen LogP contribution in [0.2, 0.25) is 0 Å². The summed E-state index contributed by atoms with van der Waals surface area (Å²) in [5.41, 5.74) is 0. The van der Waals surface area contributed by atoms with Gasteiger partial charge in [0.2, 0.25) is 10.0 Å². The highest BCUT2D eigenvalue weighted by Gasteiger charge is 2.31. The lowest BCUT2D eigenvalue weighted by Crippen LogP contribution is -3.14. The zero-order chi connectivity index (χ0) is 17.2. The largest absolute Gasteiger partial charge is 0.493 e. The first-order chi connectivity index (χ1) is 11.6. The summed E-state index contributed by atoms with van der Waals surface area (Å²) in [6.07, 6.45) is 0. The Morgan fingerprint density at radius 3 is 2.33 bits per heavy atom. The Hall–Kier alpha value is -1.63. The number of quaternary nitrogens is 1. The van der Waals surface area contributed by atoms with Crippen molar-refractivity contribution >= 4 is 20.8 Å². The number of ether oxygens (including phenoxy) is 1. The van der Waals surface area contributed by atoms with Crippen LogP contribution in [-0.4, -0.2) is 52.1 Å². The monoisotopic (exact) mass is 349 g/mol. The molecule has 0 bridgehead atoms. The van der Waals surface area contributed by atoms with Crippen molar-refractivity contribution in [2.75, 3.05) is 39.3 Å². The van der Waals surface area contributed by atoms with Crippen molar-refractivity contribution in [1.29, 1.82) is 0 Å². The maximum absolute atomic E-state index is 13.1. The molecule has 0 aliphatic carbocycles. The molecule has 0 unspecified atom stereocenters. The van der Waals surface area contributed by atoms with Crippen molar-refractivity contribution in [3.63, 3.8) is 0 Å². The van der Waals surface area contributed by atoms with Gasteiger partial charge in [0.1, 0.15) is 5.75 Å². The quantitative estimate of drug-likeness (QED) is 0.881. The third-order valence-corrected chi connectivity index (χ3v) is 6.65. The maximum Gasteiger partial charge on any atom is 0.244 e. The molecular formula is C18H25N2O3S+. The van der Waals surface area contributed by atoms with Crippen LogP contribution >= 0.6 is 0 Å². The van der Waals surface area contributed by atoms with E-state index in [2.05, 4.69) is 6.92 Å². The summed E-state index contributed by atoms with van der Waals surface area (Å²) in [6, 6.07) is 11.0.